The molecule has 2 unspecified atom stereocenters. The molecule has 0 spiro atoms. The quantitative estimate of drug-likeness (QED) is 0.312. The Balaban J connectivity index is 1.40. The number of aromatic nitrogens is 4. The Morgan fingerprint density at radius 2 is 1.89 bits per heavy atom. The van der Waals surface area contributed by atoms with E-state index in [0.29, 0.717) is 29.9 Å². The fraction of sp³-hybridized carbons (Fsp3) is 0.484. The second kappa shape index (κ2) is 13.1. The molecule has 254 valence electrons. The van der Waals surface area contributed by atoms with Gasteiger partial charge in [0.25, 0.3) is 0 Å². The maximum Gasteiger partial charge on any atom is 0.420 e. The van der Waals surface area contributed by atoms with Gasteiger partial charge in [-0.1, -0.05) is 30.7 Å². The number of sulfonamides is 1. The average Bonchev–Trinajstić information content (AvgIpc) is 3.46. The van der Waals surface area contributed by atoms with E-state index in [1.54, 1.807) is 43.9 Å². The van der Waals surface area contributed by atoms with Crippen LogP contribution in [0.3, 0.4) is 0 Å². The number of hydrogen-bond donors (Lipinski definition) is 1. The summed E-state index contributed by atoms with van der Waals surface area (Å²) in [6.07, 6.45) is 3.35. The predicted octanol–water partition coefficient (Wildman–Crippen LogP) is 6.46. The molecule has 11 nitrogen and oxygen atoms in total. The van der Waals surface area contributed by atoms with Gasteiger partial charge in [0.2, 0.25) is 16.0 Å². The van der Waals surface area contributed by atoms with Crippen molar-refractivity contribution in [1.29, 1.82) is 0 Å². The first kappa shape index (κ1) is 34.6. The highest BCUT2D eigenvalue weighted by Crippen LogP contribution is 2.37. The average molecular weight is 696 g/mol. The molecule has 2 aromatic heterocycles. The Morgan fingerprint density at radius 1 is 1.15 bits per heavy atom. The first-order valence-corrected chi connectivity index (χ1v) is 17.3. The van der Waals surface area contributed by atoms with Crippen LogP contribution in [0.4, 0.5) is 23.9 Å². The fourth-order valence-electron chi connectivity index (χ4n) is 5.59. The summed E-state index contributed by atoms with van der Waals surface area (Å²) in [7, 11) is -3.36. The molecule has 16 heteroatoms. The molecule has 3 aromatic rings. The number of allylic oxidation sites excluding steroid dienone is 1. The van der Waals surface area contributed by atoms with Crippen LogP contribution in [-0.2, 0) is 20.9 Å². The number of halogens is 4. The summed E-state index contributed by atoms with van der Waals surface area (Å²) in [5, 5.41) is 3.38. The number of nitrogens with one attached hydrogen (secondary N) is 1. The van der Waals surface area contributed by atoms with E-state index >= 15 is 0 Å². The number of anilines is 1. The molecule has 5 rings (SSSR count). The number of carbonyl (C=O) groups is 1. The fourth-order valence-corrected chi connectivity index (χ4v) is 6.82. The zero-order chi connectivity index (χ0) is 34.3. The molecule has 47 heavy (non-hydrogen) atoms. The van der Waals surface area contributed by atoms with Crippen LogP contribution in [0.5, 0.6) is 0 Å². The highest BCUT2D eigenvalue weighted by Gasteiger charge is 2.37. The van der Waals surface area contributed by atoms with Crippen molar-refractivity contribution < 1.29 is 31.1 Å². The lowest BCUT2D eigenvalue weighted by molar-refractivity contribution is -0.137. The third-order valence-corrected chi connectivity index (χ3v) is 9.49. The number of nitrogens with zero attached hydrogens (tertiary/aromatic N) is 6. The molecule has 0 aliphatic carbocycles. The molecule has 1 fully saturated rings. The van der Waals surface area contributed by atoms with E-state index < -0.39 is 39.2 Å². The number of imidazole rings is 1. The van der Waals surface area contributed by atoms with Crippen molar-refractivity contribution in [1.82, 2.24) is 28.7 Å². The van der Waals surface area contributed by atoms with Crippen molar-refractivity contribution in [3.05, 3.63) is 59.1 Å². The van der Waals surface area contributed by atoms with E-state index in [2.05, 4.69) is 20.3 Å². The van der Waals surface area contributed by atoms with E-state index in [-0.39, 0.29) is 41.7 Å². The largest absolute Gasteiger partial charge is 0.443 e. The number of alkyl halides is 3. The van der Waals surface area contributed by atoms with Gasteiger partial charge in [-0.05, 0) is 63.6 Å². The molecule has 1 aromatic carbocycles. The van der Waals surface area contributed by atoms with Crippen molar-refractivity contribution in [3.63, 3.8) is 0 Å². The molecule has 2 aliphatic heterocycles. The number of benzene rings is 1. The van der Waals surface area contributed by atoms with Crippen LogP contribution >= 0.6 is 11.6 Å². The van der Waals surface area contributed by atoms with Gasteiger partial charge in [0.1, 0.15) is 28.9 Å². The molecule has 1 N–H and O–H groups in total. The summed E-state index contributed by atoms with van der Waals surface area (Å²) >= 11 is 6.69. The van der Waals surface area contributed by atoms with Crippen LogP contribution in [0.1, 0.15) is 58.1 Å². The summed E-state index contributed by atoms with van der Waals surface area (Å²) in [5.74, 6) is -0.164. The number of rotatable bonds is 6. The van der Waals surface area contributed by atoms with Crippen LogP contribution in [0.25, 0.3) is 22.8 Å². The normalized spacial score (nSPS) is 19.8. The molecule has 0 radical (unpaired) electrons. The maximum absolute atomic E-state index is 14.1. The number of carbonyl (C=O) groups excluding carboxylic acids is 1. The Labute approximate surface area is 276 Å². The number of hydrogen-bond acceptors (Lipinski definition) is 8. The van der Waals surface area contributed by atoms with Crippen LogP contribution in [0.15, 0.2) is 43.0 Å². The first-order valence-electron chi connectivity index (χ1n) is 15.1. The van der Waals surface area contributed by atoms with E-state index in [4.69, 9.17) is 16.3 Å². The SMILES string of the molecule is CC1CN(S(C)(=O)=O)CCC1Nc1ncc(C(F)(F)F)c(-c2cn(-c3ccc(C4=CCCCN4C(=O)OC(C)(C)C)cc3Cl)cn2)n1. The zero-order valence-corrected chi connectivity index (χ0v) is 28.2. The van der Waals surface area contributed by atoms with Gasteiger partial charge in [-0.15, -0.1) is 0 Å². The number of piperidine rings is 1. The third kappa shape index (κ3) is 8.07. The topological polar surface area (TPSA) is 123 Å². The Bertz CT molecular complexity index is 1790. The van der Waals surface area contributed by atoms with Crippen molar-refractivity contribution >= 4 is 39.4 Å². The van der Waals surface area contributed by atoms with E-state index in [1.165, 1.54) is 21.4 Å². The van der Waals surface area contributed by atoms with Crippen molar-refractivity contribution in [2.45, 2.75) is 64.8 Å². The zero-order valence-electron chi connectivity index (χ0n) is 26.7. The van der Waals surface area contributed by atoms with Gasteiger partial charge in [0.15, 0.2) is 0 Å². The van der Waals surface area contributed by atoms with Gasteiger partial charge in [-0.2, -0.15) is 13.2 Å². The third-order valence-electron chi connectivity index (χ3n) is 7.92. The van der Waals surface area contributed by atoms with E-state index in [9.17, 15) is 26.4 Å². The molecule has 2 atom stereocenters. The molecular weight excluding hydrogens is 659 g/mol. The maximum atomic E-state index is 14.1. The van der Waals surface area contributed by atoms with Crippen molar-refractivity contribution in [3.8, 4) is 17.1 Å². The molecule has 1 amide bonds. The Kier molecular flexibility index (Phi) is 9.64. The Morgan fingerprint density at radius 3 is 2.53 bits per heavy atom. The first-order chi connectivity index (χ1) is 21.9. The van der Waals surface area contributed by atoms with Crippen LogP contribution in [0, 0.1) is 5.92 Å². The minimum Gasteiger partial charge on any atom is -0.443 e. The van der Waals surface area contributed by atoms with Gasteiger partial charge >= 0.3 is 12.3 Å². The minimum atomic E-state index is -4.75. The summed E-state index contributed by atoms with van der Waals surface area (Å²) in [6.45, 7) is 8.28. The molecule has 0 saturated carbocycles. The minimum absolute atomic E-state index is 0.0233. The standard InChI is InChI=1S/C31H37ClF3N7O4S/c1-19-16-41(47(5,44)45)13-11-23(19)38-28-36-15-21(31(33,34)35)27(39-28)24-17-40(18-37-24)26-10-9-20(14-22(26)32)25-8-6-7-12-42(25)29(43)46-30(2,3)4/h8-10,14-15,17-19,23H,6-7,11-13,16H2,1-5H3,(H,36,38,39). The van der Waals surface area contributed by atoms with E-state index in [0.717, 1.165) is 25.3 Å². The van der Waals surface area contributed by atoms with Gasteiger partial charge in [-0.3, -0.25) is 4.90 Å². The lowest BCUT2D eigenvalue weighted by Gasteiger charge is -2.35. The molecule has 1 saturated heterocycles. The smallest absolute Gasteiger partial charge is 0.420 e. The van der Waals surface area contributed by atoms with Crippen molar-refractivity contribution in [2.24, 2.45) is 5.92 Å². The molecule has 0 bridgehead atoms. The number of amides is 1. The molecular formula is C31H37ClF3N7O4S. The lowest BCUT2D eigenvalue weighted by Crippen LogP contribution is -2.47. The van der Waals surface area contributed by atoms with E-state index in [1.807, 2.05) is 13.0 Å². The van der Waals surface area contributed by atoms with Gasteiger partial charge in [-0.25, -0.2) is 32.5 Å². The number of ether oxygens (including phenoxy) is 1. The van der Waals surface area contributed by atoms with Crippen LogP contribution in [-0.4, -0.2) is 80.8 Å². The van der Waals surface area contributed by atoms with Gasteiger partial charge in [0.05, 0.1) is 22.7 Å². The summed E-state index contributed by atoms with van der Waals surface area (Å²) in [5.41, 5.74) is -0.368. The van der Waals surface area contributed by atoms with Gasteiger partial charge < -0.3 is 14.6 Å². The Hall–Kier alpha value is -3.69. The van der Waals surface area contributed by atoms with Crippen LogP contribution in [0.2, 0.25) is 5.02 Å². The van der Waals surface area contributed by atoms with Gasteiger partial charge in [0, 0.05) is 38.1 Å². The molecule has 4 heterocycles. The molecule has 2 aliphatic rings. The highest BCUT2D eigenvalue weighted by molar-refractivity contribution is 7.88. The predicted molar refractivity (Wildman–Crippen MR) is 172 cm³/mol. The van der Waals surface area contributed by atoms with Crippen LogP contribution < -0.4 is 5.32 Å². The summed E-state index contributed by atoms with van der Waals surface area (Å²) in [4.78, 5) is 26.9. The highest BCUT2D eigenvalue weighted by atomic mass is 35.5. The summed E-state index contributed by atoms with van der Waals surface area (Å²) < 4.78 is 74.6. The van der Waals surface area contributed by atoms with Crippen molar-refractivity contribution in [2.75, 3.05) is 31.2 Å². The monoisotopic (exact) mass is 695 g/mol. The lowest BCUT2D eigenvalue weighted by atomic mass is 9.95. The second-order valence-electron chi connectivity index (χ2n) is 12.8. The second-order valence-corrected chi connectivity index (χ2v) is 15.2. The summed E-state index contributed by atoms with van der Waals surface area (Å²) in [6, 6.07) is 4.92.